The molecule has 0 atom stereocenters. The zero-order valence-corrected chi connectivity index (χ0v) is 15.4. The van der Waals surface area contributed by atoms with E-state index >= 15 is 0 Å². The van der Waals surface area contributed by atoms with Crippen LogP contribution in [0.3, 0.4) is 0 Å². The average molecular weight is 384 g/mol. The zero-order valence-electron chi connectivity index (χ0n) is 14.6. The van der Waals surface area contributed by atoms with Crippen molar-refractivity contribution in [3.05, 3.63) is 60.1 Å². The van der Waals surface area contributed by atoms with Crippen molar-refractivity contribution in [3.63, 3.8) is 0 Å². The van der Waals surface area contributed by atoms with E-state index in [1.54, 1.807) is 42.5 Å². The van der Waals surface area contributed by atoms with Gasteiger partial charge in [0.2, 0.25) is 0 Å². The second-order valence-electron chi connectivity index (χ2n) is 5.39. The molecule has 3 rings (SSSR count). The van der Waals surface area contributed by atoms with E-state index in [0.717, 1.165) is 0 Å². The van der Waals surface area contributed by atoms with E-state index in [0.29, 0.717) is 22.9 Å². The minimum Gasteiger partial charge on any atom is -0.497 e. The average Bonchev–Trinajstić information content (AvgIpc) is 3.17. The lowest BCUT2D eigenvalue weighted by molar-refractivity contribution is -0.122. The number of methoxy groups -OCH3 is 2. The molecule has 1 N–H and O–H groups in total. The second kappa shape index (κ2) is 7.88. The van der Waals surface area contributed by atoms with Crippen molar-refractivity contribution in [1.82, 2.24) is 5.32 Å². The number of anilines is 1. The molecule has 1 aromatic carbocycles. The van der Waals surface area contributed by atoms with Gasteiger partial charge in [0.05, 0.1) is 26.2 Å². The fraction of sp³-hybridized carbons (Fsp3) is 0.105. The van der Waals surface area contributed by atoms with E-state index in [9.17, 15) is 9.59 Å². The summed E-state index contributed by atoms with van der Waals surface area (Å²) in [7, 11) is 2.98. The topological polar surface area (TPSA) is 81.0 Å². The highest BCUT2D eigenvalue weighted by Gasteiger charge is 2.35. The summed E-state index contributed by atoms with van der Waals surface area (Å²) in [4.78, 5) is 26.4. The zero-order chi connectivity index (χ0) is 19.4. The highest BCUT2D eigenvalue weighted by molar-refractivity contribution is 7.80. The first kappa shape index (κ1) is 18.4. The maximum Gasteiger partial charge on any atom is 0.270 e. The summed E-state index contributed by atoms with van der Waals surface area (Å²) in [6.45, 7) is 0. The predicted molar refractivity (Wildman–Crippen MR) is 104 cm³/mol. The van der Waals surface area contributed by atoms with Crippen molar-refractivity contribution in [2.45, 2.75) is 0 Å². The number of carbonyl (C=O) groups is 2. The van der Waals surface area contributed by atoms with Gasteiger partial charge in [-0.05, 0) is 48.6 Å². The summed E-state index contributed by atoms with van der Waals surface area (Å²) in [5, 5.41) is 2.48. The lowest BCUT2D eigenvalue weighted by Crippen LogP contribution is -2.54. The molecule has 0 aliphatic carbocycles. The molecule has 0 radical (unpaired) electrons. The number of hydrogen-bond acceptors (Lipinski definition) is 6. The van der Waals surface area contributed by atoms with Gasteiger partial charge in [-0.2, -0.15) is 0 Å². The van der Waals surface area contributed by atoms with Crippen LogP contribution in [0.15, 0.2) is 58.7 Å². The number of benzene rings is 1. The van der Waals surface area contributed by atoms with Gasteiger partial charge in [0.1, 0.15) is 22.8 Å². The molecule has 1 saturated heterocycles. The minimum atomic E-state index is -0.577. The largest absolute Gasteiger partial charge is 0.497 e. The molecule has 2 heterocycles. The van der Waals surface area contributed by atoms with E-state index in [1.807, 2.05) is 0 Å². The summed E-state index contributed by atoms with van der Waals surface area (Å²) in [6, 6.07) is 8.44. The highest BCUT2D eigenvalue weighted by atomic mass is 32.1. The third-order valence-electron chi connectivity index (χ3n) is 3.80. The second-order valence-corrected chi connectivity index (χ2v) is 5.78. The van der Waals surface area contributed by atoms with E-state index in [2.05, 4.69) is 5.32 Å². The van der Waals surface area contributed by atoms with Gasteiger partial charge in [-0.3, -0.25) is 14.9 Å². The number of ether oxygens (including phenoxy) is 2. The van der Waals surface area contributed by atoms with Gasteiger partial charge in [0.25, 0.3) is 11.8 Å². The van der Waals surface area contributed by atoms with Gasteiger partial charge in [-0.25, -0.2) is 4.90 Å². The summed E-state index contributed by atoms with van der Waals surface area (Å²) in [5.74, 6) is 0.374. The number of hydrogen-bond donors (Lipinski definition) is 1. The van der Waals surface area contributed by atoms with E-state index in [1.165, 1.54) is 31.5 Å². The smallest absolute Gasteiger partial charge is 0.270 e. The summed E-state index contributed by atoms with van der Waals surface area (Å²) >= 11 is 5.20. The van der Waals surface area contributed by atoms with Crippen LogP contribution >= 0.6 is 12.2 Å². The third kappa shape index (κ3) is 3.75. The number of carbonyl (C=O) groups excluding carboxylic acids is 2. The van der Waals surface area contributed by atoms with Crippen molar-refractivity contribution in [2.75, 3.05) is 19.1 Å². The summed E-state index contributed by atoms with van der Waals surface area (Å²) in [5.41, 5.74) is 0.295. The van der Waals surface area contributed by atoms with Crippen LogP contribution in [-0.2, 0) is 9.59 Å². The Labute approximate surface area is 160 Å². The first-order chi connectivity index (χ1) is 13.0. The number of furan rings is 1. The van der Waals surface area contributed by atoms with Gasteiger partial charge >= 0.3 is 0 Å². The maximum absolute atomic E-state index is 13.0. The lowest BCUT2D eigenvalue weighted by atomic mass is 10.1. The van der Waals surface area contributed by atoms with Gasteiger partial charge < -0.3 is 13.9 Å². The first-order valence-electron chi connectivity index (χ1n) is 7.89. The van der Waals surface area contributed by atoms with Gasteiger partial charge in [-0.15, -0.1) is 0 Å². The molecule has 1 aromatic heterocycles. The van der Waals surface area contributed by atoms with E-state index < -0.39 is 11.8 Å². The molecule has 2 amide bonds. The Morgan fingerprint density at radius 3 is 2.67 bits per heavy atom. The molecule has 7 nitrogen and oxygen atoms in total. The van der Waals surface area contributed by atoms with Crippen molar-refractivity contribution in [2.24, 2.45) is 0 Å². The molecule has 1 aliphatic heterocycles. The third-order valence-corrected chi connectivity index (χ3v) is 4.08. The number of allylic oxidation sites excluding steroid dienone is 2. The van der Waals surface area contributed by atoms with Crippen LogP contribution in [0.1, 0.15) is 5.76 Å². The highest BCUT2D eigenvalue weighted by Crippen LogP contribution is 2.34. The maximum atomic E-state index is 13.0. The molecule has 0 saturated carbocycles. The Balaban J connectivity index is 1.98. The lowest BCUT2D eigenvalue weighted by Gasteiger charge is -2.29. The molecular formula is C19H16N2O5S. The molecule has 1 fully saturated rings. The minimum absolute atomic E-state index is 0.0382. The number of thiocarbonyl (C=S) groups is 1. The fourth-order valence-corrected chi connectivity index (χ4v) is 2.77. The number of amides is 2. The molecule has 138 valence electrons. The predicted octanol–water partition coefficient (Wildman–Crippen LogP) is 2.68. The van der Waals surface area contributed by atoms with Crippen LogP contribution in [-0.4, -0.2) is 31.1 Å². The van der Waals surface area contributed by atoms with Crippen LogP contribution in [0.25, 0.3) is 6.08 Å². The van der Waals surface area contributed by atoms with Crippen LogP contribution in [0.5, 0.6) is 11.5 Å². The Bertz CT molecular complexity index is 947. The molecule has 8 heteroatoms. The van der Waals surface area contributed by atoms with Gasteiger partial charge in [0, 0.05) is 6.07 Å². The molecule has 27 heavy (non-hydrogen) atoms. The van der Waals surface area contributed by atoms with E-state index in [-0.39, 0.29) is 10.7 Å². The van der Waals surface area contributed by atoms with Crippen LogP contribution in [0.4, 0.5) is 5.69 Å². The monoisotopic (exact) mass is 384 g/mol. The Kier molecular flexibility index (Phi) is 5.37. The number of nitrogens with zero attached hydrogens (tertiary/aromatic N) is 1. The summed E-state index contributed by atoms with van der Waals surface area (Å²) < 4.78 is 15.7. The SMILES string of the molecule is COc1ccc(OC)c(N2C(=O)/C(=C/C=C/c3ccco3)C(=O)NC2=S)c1. The summed E-state index contributed by atoms with van der Waals surface area (Å²) in [6.07, 6.45) is 6.13. The molecule has 2 aromatic rings. The van der Waals surface area contributed by atoms with Gasteiger partial charge in [0.15, 0.2) is 5.11 Å². The standard InChI is InChI=1S/C19H16N2O5S/c1-24-13-8-9-16(25-2)15(11-13)21-18(23)14(17(22)20-19(21)27)7-3-5-12-6-4-10-26-12/h3-11H,1-2H3,(H,20,22,27)/b5-3+,14-7+. The number of nitrogens with one attached hydrogen (secondary N) is 1. The van der Waals surface area contributed by atoms with Crippen LogP contribution in [0.2, 0.25) is 0 Å². The molecular weight excluding hydrogens is 368 g/mol. The molecule has 0 spiro atoms. The molecule has 0 bridgehead atoms. The van der Waals surface area contributed by atoms with Gasteiger partial charge in [-0.1, -0.05) is 6.08 Å². The normalized spacial score (nSPS) is 16.1. The van der Waals surface area contributed by atoms with Crippen molar-refractivity contribution in [3.8, 4) is 11.5 Å². The van der Waals surface area contributed by atoms with E-state index in [4.69, 9.17) is 26.1 Å². The van der Waals surface area contributed by atoms with Crippen LogP contribution in [0, 0.1) is 0 Å². The Hall–Kier alpha value is -3.39. The Morgan fingerprint density at radius 1 is 1.19 bits per heavy atom. The van der Waals surface area contributed by atoms with Crippen molar-refractivity contribution < 1.29 is 23.5 Å². The van der Waals surface area contributed by atoms with Crippen LogP contribution < -0.4 is 19.7 Å². The Morgan fingerprint density at radius 2 is 2.00 bits per heavy atom. The molecule has 1 aliphatic rings. The number of rotatable bonds is 5. The molecule has 0 unspecified atom stereocenters. The fourth-order valence-electron chi connectivity index (χ4n) is 2.49. The first-order valence-corrected chi connectivity index (χ1v) is 8.29. The quantitative estimate of drug-likeness (QED) is 0.485. The van der Waals surface area contributed by atoms with Crippen molar-refractivity contribution >= 4 is 40.9 Å². The van der Waals surface area contributed by atoms with Crippen molar-refractivity contribution in [1.29, 1.82) is 0 Å².